The maximum atomic E-state index is 11.4. The number of carbonyl (C=O) groups excluding carboxylic acids is 1. The molecule has 16 heavy (non-hydrogen) atoms. The van der Waals surface area contributed by atoms with E-state index < -0.39 is 11.0 Å². The number of hydrogen-bond donors (Lipinski definition) is 0. The van der Waals surface area contributed by atoms with Gasteiger partial charge in [-0.25, -0.2) is 4.79 Å². The zero-order valence-corrected chi connectivity index (χ0v) is 8.62. The van der Waals surface area contributed by atoms with E-state index in [2.05, 4.69) is 0 Å². The lowest BCUT2D eigenvalue weighted by Gasteiger charge is -2.17. The quantitative estimate of drug-likeness (QED) is 0.566. The van der Waals surface area contributed by atoms with Crippen LogP contribution in [0.2, 0.25) is 0 Å². The van der Waals surface area contributed by atoms with Gasteiger partial charge in [0.05, 0.1) is 11.0 Å². The van der Waals surface area contributed by atoms with Crippen molar-refractivity contribution in [3.63, 3.8) is 0 Å². The van der Waals surface area contributed by atoms with Crippen LogP contribution < -0.4 is 4.90 Å². The van der Waals surface area contributed by atoms with Crippen molar-refractivity contribution in [2.45, 2.75) is 13.0 Å². The molecule has 0 aliphatic carbocycles. The fourth-order valence-corrected chi connectivity index (χ4v) is 1.67. The molecule has 0 radical (unpaired) electrons. The second-order valence-corrected chi connectivity index (χ2v) is 3.54. The van der Waals surface area contributed by atoms with Crippen LogP contribution in [0.3, 0.4) is 0 Å². The third kappa shape index (κ3) is 1.58. The lowest BCUT2D eigenvalue weighted by Crippen LogP contribution is -2.31. The maximum Gasteiger partial charge on any atom is 0.414 e. The van der Waals surface area contributed by atoms with Crippen molar-refractivity contribution in [2.75, 3.05) is 11.5 Å². The molecule has 6 heteroatoms. The zero-order valence-electron chi connectivity index (χ0n) is 8.62. The molecule has 1 amide bonds. The Morgan fingerprint density at radius 1 is 1.50 bits per heavy atom. The van der Waals surface area contributed by atoms with Gasteiger partial charge in [0, 0.05) is 6.07 Å². The predicted octanol–water partition coefficient (Wildman–Crippen LogP) is 1.94. The lowest BCUT2D eigenvalue weighted by atomic mass is 10.2. The largest absolute Gasteiger partial charge is 0.447 e. The van der Waals surface area contributed by atoms with Gasteiger partial charge in [-0.15, -0.1) is 0 Å². The van der Waals surface area contributed by atoms with Gasteiger partial charge in [0.25, 0.3) is 5.69 Å². The molecular formula is C10H10N2O4. The number of cyclic esters (lactones) is 1. The topological polar surface area (TPSA) is 72.7 Å². The van der Waals surface area contributed by atoms with E-state index in [1.165, 1.54) is 11.0 Å². The fraction of sp³-hybridized carbons (Fsp3) is 0.300. The standard InChI is InChI=1S/C10H10N2O4/c1-7-6-16-10(13)11(7)8-4-2-3-5-9(8)12(14)15/h2-5,7H,6H2,1H3. The lowest BCUT2D eigenvalue weighted by molar-refractivity contribution is -0.384. The molecule has 0 saturated carbocycles. The Morgan fingerprint density at radius 2 is 2.19 bits per heavy atom. The molecule has 1 unspecified atom stereocenters. The first-order chi connectivity index (χ1) is 7.61. The van der Waals surface area contributed by atoms with Gasteiger partial charge in [0.1, 0.15) is 12.3 Å². The molecule has 84 valence electrons. The van der Waals surface area contributed by atoms with Crippen molar-refractivity contribution in [1.29, 1.82) is 0 Å². The predicted molar refractivity (Wildman–Crippen MR) is 56.4 cm³/mol. The smallest absolute Gasteiger partial charge is 0.414 e. The van der Waals surface area contributed by atoms with Crippen molar-refractivity contribution in [3.05, 3.63) is 34.4 Å². The molecule has 1 aliphatic rings. The number of benzene rings is 1. The Balaban J connectivity index is 2.47. The number of hydrogen-bond acceptors (Lipinski definition) is 4. The van der Waals surface area contributed by atoms with Crippen LogP contribution in [0.15, 0.2) is 24.3 Å². The molecule has 1 fully saturated rings. The number of nitro groups is 1. The summed E-state index contributed by atoms with van der Waals surface area (Å²) < 4.78 is 4.83. The van der Waals surface area contributed by atoms with E-state index in [0.29, 0.717) is 0 Å². The summed E-state index contributed by atoms with van der Waals surface area (Å²) in [6.45, 7) is 2.03. The van der Waals surface area contributed by atoms with E-state index in [0.717, 1.165) is 0 Å². The number of anilines is 1. The van der Waals surface area contributed by atoms with Gasteiger partial charge in [-0.1, -0.05) is 12.1 Å². The van der Waals surface area contributed by atoms with Crippen molar-refractivity contribution in [3.8, 4) is 0 Å². The summed E-state index contributed by atoms with van der Waals surface area (Å²) >= 11 is 0. The number of ether oxygens (including phenoxy) is 1. The van der Waals surface area contributed by atoms with E-state index in [1.54, 1.807) is 25.1 Å². The monoisotopic (exact) mass is 222 g/mol. The van der Waals surface area contributed by atoms with Gasteiger partial charge in [-0.3, -0.25) is 15.0 Å². The summed E-state index contributed by atoms with van der Waals surface area (Å²) in [4.78, 5) is 23.1. The summed E-state index contributed by atoms with van der Waals surface area (Å²) in [5.74, 6) is 0. The Hall–Kier alpha value is -2.11. The molecule has 2 rings (SSSR count). The number of amides is 1. The number of nitro benzene ring substituents is 1. The Kier molecular flexibility index (Phi) is 2.47. The van der Waals surface area contributed by atoms with Crippen molar-refractivity contribution < 1.29 is 14.5 Å². The highest BCUT2D eigenvalue weighted by Gasteiger charge is 2.34. The minimum absolute atomic E-state index is 0.0896. The van der Waals surface area contributed by atoms with Gasteiger partial charge < -0.3 is 4.74 Å². The highest BCUT2D eigenvalue weighted by atomic mass is 16.6. The average molecular weight is 222 g/mol. The summed E-state index contributed by atoms with van der Waals surface area (Å²) in [5.41, 5.74) is 0.190. The van der Waals surface area contributed by atoms with Gasteiger partial charge in [0.15, 0.2) is 0 Å². The molecule has 6 nitrogen and oxygen atoms in total. The van der Waals surface area contributed by atoms with Gasteiger partial charge in [-0.05, 0) is 13.0 Å². The SMILES string of the molecule is CC1COC(=O)N1c1ccccc1[N+](=O)[O-]. The fourth-order valence-electron chi connectivity index (χ4n) is 1.67. The first-order valence-electron chi connectivity index (χ1n) is 4.80. The Morgan fingerprint density at radius 3 is 2.75 bits per heavy atom. The van der Waals surface area contributed by atoms with Crippen LogP contribution in [-0.4, -0.2) is 23.7 Å². The number of nitrogens with zero attached hydrogens (tertiary/aromatic N) is 2. The minimum atomic E-state index is -0.540. The summed E-state index contributed by atoms with van der Waals surface area (Å²) in [6, 6.07) is 5.94. The highest BCUT2D eigenvalue weighted by Crippen LogP contribution is 2.31. The molecule has 1 atom stereocenters. The van der Waals surface area contributed by atoms with Crippen LogP contribution in [0.25, 0.3) is 0 Å². The minimum Gasteiger partial charge on any atom is -0.447 e. The van der Waals surface area contributed by atoms with Crippen LogP contribution in [0.5, 0.6) is 0 Å². The van der Waals surface area contributed by atoms with E-state index in [9.17, 15) is 14.9 Å². The second kappa shape index (κ2) is 3.80. The molecule has 0 aromatic heterocycles. The third-order valence-electron chi connectivity index (χ3n) is 2.42. The van der Waals surface area contributed by atoms with Crippen LogP contribution >= 0.6 is 0 Å². The molecule has 1 aromatic carbocycles. The summed E-state index contributed by atoms with van der Waals surface area (Å²) in [7, 11) is 0. The van der Waals surface area contributed by atoms with E-state index in [-0.39, 0.29) is 24.0 Å². The normalized spacial score (nSPS) is 19.7. The van der Waals surface area contributed by atoms with E-state index in [4.69, 9.17) is 4.74 Å². The number of rotatable bonds is 2. The van der Waals surface area contributed by atoms with E-state index in [1.807, 2.05) is 0 Å². The molecule has 0 spiro atoms. The molecule has 1 heterocycles. The molecule has 0 N–H and O–H groups in total. The van der Waals surface area contributed by atoms with Gasteiger partial charge in [0.2, 0.25) is 0 Å². The summed E-state index contributed by atoms with van der Waals surface area (Å²) in [5, 5.41) is 10.8. The first kappa shape index (κ1) is 10.4. The first-order valence-corrected chi connectivity index (χ1v) is 4.80. The second-order valence-electron chi connectivity index (χ2n) is 3.54. The Labute approximate surface area is 91.6 Å². The van der Waals surface area contributed by atoms with Crippen LogP contribution in [-0.2, 0) is 4.74 Å². The van der Waals surface area contributed by atoms with Crippen molar-refractivity contribution in [1.82, 2.24) is 0 Å². The molecular weight excluding hydrogens is 212 g/mol. The van der Waals surface area contributed by atoms with Crippen molar-refractivity contribution in [2.24, 2.45) is 0 Å². The highest BCUT2D eigenvalue weighted by molar-refractivity contribution is 5.92. The molecule has 0 bridgehead atoms. The van der Waals surface area contributed by atoms with E-state index >= 15 is 0 Å². The third-order valence-corrected chi connectivity index (χ3v) is 2.42. The van der Waals surface area contributed by atoms with Crippen LogP contribution in [0.4, 0.5) is 16.2 Å². The maximum absolute atomic E-state index is 11.4. The van der Waals surface area contributed by atoms with Gasteiger partial charge >= 0.3 is 6.09 Å². The molecule has 1 aromatic rings. The van der Waals surface area contributed by atoms with Crippen molar-refractivity contribution >= 4 is 17.5 Å². The number of carbonyl (C=O) groups is 1. The Bertz CT molecular complexity index is 446. The van der Waals surface area contributed by atoms with Crippen LogP contribution in [0.1, 0.15) is 6.92 Å². The van der Waals surface area contributed by atoms with Gasteiger partial charge in [-0.2, -0.15) is 0 Å². The number of para-hydroxylation sites is 2. The zero-order chi connectivity index (χ0) is 11.7. The molecule has 1 aliphatic heterocycles. The van der Waals surface area contributed by atoms with Crippen LogP contribution in [0, 0.1) is 10.1 Å². The summed E-state index contributed by atoms with van der Waals surface area (Å²) in [6.07, 6.45) is -0.540. The molecule has 1 saturated heterocycles. The average Bonchev–Trinajstić information content (AvgIpc) is 2.58.